The quantitative estimate of drug-likeness (QED) is 0.782. The number of benzene rings is 2. The minimum atomic E-state index is -1.09. The number of carbonyl (C=O) groups excluding carboxylic acids is 1. The molecule has 1 aliphatic heterocycles. The number of anilines is 1. The molecule has 0 spiro atoms. The summed E-state index contributed by atoms with van der Waals surface area (Å²) in [6, 6.07) is 17.4. The van der Waals surface area contributed by atoms with Gasteiger partial charge in [-0.2, -0.15) is 0 Å². The molecule has 5 nitrogen and oxygen atoms in total. The zero-order valence-electron chi connectivity index (χ0n) is 16.2. The Kier molecular flexibility index (Phi) is 6.48. The number of aryl methyl sites for hydroxylation is 1. The van der Waals surface area contributed by atoms with Gasteiger partial charge in [0.15, 0.2) is 0 Å². The van der Waals surface area contributed by atoms with Crippen LogP contribution in [-0.2, 0) is 16.0 Å². The Morgan fingerprint density at radius 3 is 2.18 bits per heavy atom. The number of carbonyl (C=O) groups is 2. The second-order valence-corrected chi connectivity index (χ2v) is 6.96. The van der Waals surface area contributed by atoms with Crippen molar-refractivity contribution >= 4 is 23.1 Å². The third-order valence-corrected chi connectivity index (χ3v) is 5.01. The average Bonchev–Trinajstić information content (AvgIpc) is 2.73. The van der Waals surface area contributed by atoms with Crippen LogP contribution in [0.2, 0.25) is 0 Å². The molecule has 1 amide bonds. The molecule has 1 saturated heterocycles. The van der Waals surface area contributed by atoms with Gasteiger partial charge >= 0.3 is 5.97 Å². The smallest absolute Gasteiger partial charge is 0.336 e. The monoisotopic (exact) mass is 378 g/mol. The number of nitrogens with zero attached hydrogens (tertiary/aromatic N) is 2. The predicted octanol–water partition coefficient (Wildman–Crippen LogP) is 3.46. The first-order valence-corrected chi connectivity index (χ1v) is 9.71. The SMILES string of the molecule is CCCc1ccc(N2CCN(C(=O)/C=C(\C(=O)O)c3ccccc3)CC2)cc1. The fourth-order valence-electron chi connectivity index (χ4n) is 3.45. The average molecular weight is 378 g/mol. The number of piperazine rings is 1. The molecule has 28 heavy (non-hydrogen) atoms. The number of aliphatic carboxylic acids is 1. The van der Waals surface area contributed by atoms with Gasteiger partial charge in [-0.3, -0.25) is 4.79 Å². The molecule has 5 heteroatoms. The summed E-state index contributed by atoms with van der Waals surface area (Å²) < 4.78 is 0. The molecule has 3 rings (SSSR count). The maximum Gasteiger partial charge on any atom is 0.336 e. The van der Waals surface area contributed by atoms with Gasteiger partial charge in [0.25, 0.3) is 0 Å². The first-order valence-electron chi connectivity index (χ1n) is 9.71. The number of rotatable bonds is 6. The maximum absolute atomic E-state index is 12.6. The van der Waals surface area contributed by atoms with E-state index in [1.807, 2.05) is 6.07 Å². The van der Waals surface area contributed by atoms with Gasteiger partial charge in [0.2, 0.25) is 5.91 Å². The molecule has 1 heterocycles. The first-order chi connectivity index (χ1) is 13.6. The third kappa shape index (κ3) is 4.80. The van der Waals surface area contributed by atoms with Crippen LogP contribution in [0.5, 0.6) is 0 Å². The second-order valence-electron chi connectivity index (χ2n) is 6.96. The lowest BCUT2D eigenvalue weighted by atomic mass is 10.1. The van der Waals surface area contributed by atoms with E-state index < -0.39 is 5.97 Å². The molecule has 0 aliphatic carbocycles. The molecule has 0 unspecified atom stereocenters. The van der Waals surface area contributed by atoms with E-state index in [1.54, 1.807) is 29.2 Å². The molecule has 0 bridgehead atoms. The van der Waals surface area contributed by atoms with Crippen LogP contribution >= 0.6 is 0 Å². The van der Waals surface area contributed by atoms with Gasteiger partial charge in [-0.15, -0.1) is 0 Å². The van der Waals surface area contributed by atoms with Gasteiger partial charge in [-0.1, -0.05) is 55.8 Å². The summed E-state index contributed by atoms with van der Waals surface area (Å²) in [6.07, 6.45) is 3.46. The topological polar surface area (TPSA) is 60.9 Å². The lowest BCUT2D eigenvalue weighted by molar-refractivity contribution is -0.131. The third-order valence-electron chi connectivity index (χ3n) is 5.01. The molecule has 2 aromatic rings. The largest absolute Gasteiger partial charge is 0.478 e. The van der Waals surface area contributed by atoms with Crippen molar-refractivity contribution in [3.63, 3.8) is 0 Å². The Labute approximate surface area is 165 Å². The molecule has 146 valence electrons. The Hall–Kier alpha value is -3.08. The summed E-state index contributed by atoms with van der Waals surface area (Å²) in [4.78, 5) is 28.2. The molecule has 0 radical (unpaired) electrons. The van der Waals surface area contributed by atoms with Gasteiger partial charge in [0, 0.05) is 37.9 Å². The highest BCUT2D eigenvalue weighted by Gasteiger charge is 2.22. The second kappa shape index (κ2) is 9.22. The minimum Gasteiger partial charge on any atom is -0.478 e. The first kappa shape index (κ1) is 19.7. The fourth-order valence-corrected chi connectivity index (χ4v) is 3.45. The minimum absolute atomic E-state index is 0.0274. The van der Waals surface area contributed by atoms with E-state index in [0.29, 0.717) is 18.7 Å². The summed E-state index contributed by atoms with van der Waals surface area (Å²) in [7, 11) is 0. The number of hydrogen-bond donors (Lipinski definition) is 1. The number of carboxylic acids is 1. The van der Waals surface area contributed by atoms with Crippen LogP contribution in [0.3, 0.4) is 0 Å². The van der Waals surface area contributed by atoms with Crippen molar-refractivity contribution in [1.29, 1.82) is 0 Å². The van der Waals surface area contributed by atoms with Crippen molar-refractivity contribution < 1.29 is 14.7 Å². The van der Waals surface area contributed by atoms with Crippen molar-refractivity contribution in [2.24, 2.45) is 0 Å². The standard InChI is InChI=1S/C23H26N2O3/c1-2-6-18-9-11-20(12-10-18)24-13-15-25(16-14-24)22(26)17-21(23(27)28)19-7-4-3-5-8-19/h3-5,7-12,17H,2,6,13-16H2,1H3,(H,27,28)/b21-17-. The maximum atomic E-state index is 12.6. The number of hydrogen-bond acceptors (Lipinski definition) is 3. The van der Waals surface area contributed by atoms with Gasteiger partial charge in [-0.05, 0) is 29.7 Å². The zero-order chi connectivity index (χ0) is 19.9. The van der Waals surface area contributed by atoms with Gasteiger partial charge < -0.3 is 14.9 Å². The van der Waals surface area contributed by atoms with Gasteiger partial charge in [0.05, 0.1) is 5.57 Å². The highest BCUT2D eigenvalue weighted by molar-refractivity contribution is 6.20. The molecule has 1 fully saturated rings. The molecule has 2 aromatic carbocycles. The Morgan fingerprint density at radius 1 is 0.964 bits per heavy atom. The molecule has 0 atom stereocenters. The molecule has 0 aromatic heterocycles. The highest BCUT2D eigenvalue weighted by Crippen LogP contribution is 2.19. The van der Waals surface area contributed by atoms with Crippen LogP contribution in [0, 0.1) is 0 Å². The molecule has 1 aliphatic rings. The van der Waals surface area contributed by atoms with Crippen LogP contribution in [0.1, 0.15) is 24.5 Å². The zero-order valence-corrected chi connectivity index (χ0v) is 16.2. The molecule has 0 saturated carbocycles. The Balaban J connectivity index is 1.63. The van der Waals surface area contributed by atoms with Gasteiger partial charge in [0.1, 0.15) is 0 Å². The van der Waals surface area contributed by atoms with Crippen LogP contribution < -0.4 is 4.90 Å². The van der Waals surface area contributed by atoms with E-state index in [9.17, 15) is 14.7 Å². The Morgan fingerprint density at radius 2 is 1.61 bits per heavy atom. The predicted molar refractivity (Wildman–Crippen MR) is 111 cm³/mol. The number of amides is 1. The molecular weight excluding hydrogens is 352 g/mol. The molecule has 1 N–H and O–H groups in total. The van der Waals surface area contributed by atoms with E-state index in [-0.39, 0.29) is 11.5 Å². The van der Waals surface area contributed by atoms with Crippen LogP contribution in [0.25, 0.3) is 5.57 Å². The molecular formula is C23H26N2O3. The lowest BCUT2D eigenvalue weighted by Crippen LogP contribution is -2.48. The van der Waals surface area contributed by atoms with Crippen LogP contribution in [0.15, 0.2) is 60.7 Å². The summed E-state index contributed by atoms with van der Waals surface area (Å²) in [5.41, 5.74) is 3.07. The fraction of sp³-hybridized carbons (Fsp3) is 0.304. The van der Waals surface area contributed by atoms with Crippen LogP contribution in [-0.4, -0.2) is 48.1 Å². The lowest BCUT2D eigenvalue weighted by Gasteiger charge is -2.35. The van der Waals surface area contributed by atoms with Crippen molar-refractivity contribution in [3.05, 3.63) is 71.8 Å². The van der Waals surface area contributed by atoms with E-state index in [0.717, 1.165) is 31.6 Å². The highest BCUT2D eigenvalue weighted by atomic mass is 16.4. The van der Waals surface area contributed by atoms with Crippen molar-refractivity contribution in [3.8, 4) is 0 Å². The summed E-state index contributed by atoms with van der Waals surface area (Å²) in [5.74, 6) is -1.34. The Bertz CT molecular complexity index is 836. The number of carboxylic acid groups (broad SMARTS) is 1. The summed E-state index contributed by atoms with van der Waals surface area (Å²) in [6.45, 7) is 4.80. The van der Waals surface area contributed by atoms with Gasteiger partial charge in [-0.25, -0.2) is 4.79 Å². The van der Waals surface area contributed by atoms with E-state index in [2.05, 4.69) is 36.1 Å². The summed E-state index contributed by atoms with van der Waals surface area (Å²) in [5, 5.41) is 9.48. The van der Waals surface area contributed by atoms with E-state index in [4.69, 9.17) is 0 Å². The normalized spacial score (nSPS) is 14.8. The summed E-state index contributed by atoms with van der Waals surface area (Å²) >= 11 is 0. The van der Waals surface area contributed by atoms with Crippen molar-refractivity contribution in [2.75, 3.05) is 31.1 Å². The van der Waals surface area contributed by atoms with E-state index >= 15 is 0 Å². The van der Waals surface area contributed by atoms with Crippen molar-refractivity contribution in [2.45, 2.75) is 19.8 Å². The van der Waals surface area contributed by atoms with Crippen molar-refractivity contribution in [1.82, 2.24) is 4.90 Å². The van der Waals surface area contributed by atoms with E-state index in [1.165, 1.54) is 11.6 Å². The van der Waals surface area contributed by atoms with Crippen LogP contribution in [0.4, 0.5) is 5.69 Å².